The van der Waals surface area contributed by atoms with Crippen molar-refractivity contribution in [3.63, 3.8) is 0 Å². The number of nitriles is 1. The first-order valence-electron chi connectivity index (χ1n) is 3.14. The van der Waals surface area contributed by atoms with Crippen LogP contribution in [0.25, 0.3) is 0 Å². The molecule has 1 aromatic rings. The fourth-order valence-electron chi connectivity index (χ4n) is 0.809. The van der Waals surface area contributed by atoms with Crippen LogP contribution in [0.1, 0.15) is 5.56 Å². The van der Waals surface area contributed by atoms with Gasteiger partial charge in [-0.05, 0) is 6.07 Å². The van der Waals surface area contributed by atoms with Crippen molar-refractivity contribution in [3.8, 4) is 11.8 Å². The summed E-state index contributed by atoms with van der Waals surface area (Å²) in [5.74, 6) is -0.694. The van der Waals surface area contributed by atoms with E-state index in [9.17, 15) is 15.2 Å². The van der Waals surface area contributed by atoms with E-state index in [2.05, 4.69) is 0 Å². The number of aromatic hydroxyl groups is 1. The summed E-state index contributed by atoms with van der Waals surface area (Å²) >= 11 is 5.50. The predicted octanol–water partition coefficient (Wildman–Crippen LogP) is 1.83. The average Bonchev–Trinajstić information content (AvgIpc) is 2.04. The van der Waals surface area contributed by atoms with Gasteiger partial charge in [0.1, 0.15) is 11.6 Å². The van der Waals surface area contributed by atoms with Gasteiger partial charge >= 0.3 is 5.69 Å². The molecule has 0 heterocycles. The molecule has 0 radical (unpaired) electrons. The van der Waals surface area contributed by atoms with Crippen LogP contribution in [0, 0.1) is 21.4 Å². The van der Waals surface area contributed by atoms with Crippen molar-refractivity contribution in [2.45, 2.75) is 0 Å². The third kappa shape index (κ3) is 1.53. The summed E-state index contributed by atoms with van der Waals surface area (Å²) in [6.45, 7) is 0. The smallest absolute Gasteiger partial charge is 0.312 e. The lowest BCUT2D eigenvalue weighted by Gasteiger charge is -1.98. The SMILES string of the molecule is N#Cc1c(Cl)ccc([N+](=O)[O-])c1O. The van der Waals surface area contributed by atoms with Gasteiger partial charge in [-0.2, -0.15) is 5.26 Å². The zero-order valence-corrected chi connectivity index (χ0v) is 6.95. The number of benzene rings is 1. The Morgan fingerprint density at radius 2 is 2.23 bits per heavy atom. The molecule has 0 saturated heterocycles. The molecule has 0 saturated carbocycles. The molecule has 0 fully saturated rings. The van der Waals surface area contributed by atoms with Gasteiger partial charge < -0.3 is 5.11 Å². The fraction of sp³-hybridized carbons (Fsp3) is 0. The average molecular weight is 199 g/mol. The van der Waals surface area contributed by atoms with Crippen LogP contribution in [-0.2, 0) is 0 Å². The Balaban J connectivity index is 3.47. The lowest BCUT2D eigenvalue weighted by atomic mass is 10.2. The van der Waals surface area contributed by atoms with Crippen molar-refractivity contribution in [1.29, 1.82) is 5.26 Å². The van der Waals surface area contributed by atoms with Gasteiger partial charge in [-0.3, -0.25) is 10.1 Å². The van der Waals surface area contributed by atoms with Crippen LogP contribution in [0.4, 0.5) is 5.69 Å². The van der Waals surface area contributed by atoms with Crippen LogP contribution in [0.15, 0.2) is 12.1 Å². The molecule has 0 amide bonds. The summed E-state index contributed by atoms with van der Waals surface area (Å²) in [5.41, 5.74) is -0.809. The van der Waals surface area contributed by atoms with E-state index in [4.69, 9.17) is 16.9 Å². The maximum absolute atomic E-state index is 10.3. The standard InChI is InChI=1S/C7H3ClN2O3/c8-5-1-2-6(10(12)13)7(11)4(5)3-9/h1-2,11H. The number of phenols is 1. The van der Waals surface area contributed by atoms with Gasteiger partial charge in [-0.25, -0.2) is 0 Å². The van der Waals surface area contributed by atoms with Crippen LogP contribution >= 0.6 is 11.6 Å². The molecule has 0 aliphatic rings. The molecule has 0 unspecified atom stereocenters. The quantitative estimate of drug-likeness (QED) is 0.551. The maximum atomic E-state index is 10.3. The van der Waals surface area contributed by atoms with Crippen LogP contribution in [0.2, 0.25) is 5.02 Å². The first kappa shape index (κ1) is 9.29. The van der Waals surface area contributed by atoms with Crippen molar-refractivity contribution >= 4 is 17.3 Å². The predicted molar refractivity (Wildman–Crippen MR) is 44.5 cm³/mol. The first-order chi connectivity index (χ1) is 6.07. The minimum absolute atomic E-state index is 0.00870. The van der Waals surface area contributed by atoms with E-state index in [0.29, 0.717) is 0 Å². The molecule has 0 aromatic heterocycles. The molecule has 1 aromatic carbocycles. The number of phenolic OH excluding ortho intramolecular Hbond substituents is 1. The summed E-state index contributed by atoms with van der Waals surface area (Å²) < 4.78 is 0. The van der Waals surface area contributed by atoms with Gasteiger partial charge in [0.2, 0.25) is 5.75 Å². The highest BCUT2D eigenvalue weighted by molar-refractivity contribution is 6.32. The maximum Gasteiger partial charge on any atom is 0.312 e. The van der Waals surface area contributed by atoms with E-state index in [0.717, 1.165) is 6.07 Å². The highest BCUT2D eigenvalue weighted by atomic mass is 35.5. The Kier molecular flexibility index (Phi) is 2.35. The number of halogens is 1. The van der Waals surface area contributed by atoms with E-state index in [1.807, 2.05) is 0 Å². The molecule has 0 bridgehead atoms. The Labute approximate surface area is 77.9 Å². The van der Waals surface area contributed by atoms with E-state index in [1.165, 1.54) is 6.07 Å². The van der Waals surface area contributed by atoms with Crippen LogP contribution in [0.3, 0.4) is 0 Å². The number of nitro benzene ring substituents is 1. The van der Waals surface area contributed by atoms with Crippen LogP contribution < -0.4 is 0 Å². The Bertz CT molecular complexity index is 411. The molecule has 6 heteroatoms. The number of nitro groups is 1. The van der Waals surface area contributed by atoms with Crippen LogP contribution in [0.5, 0.6) is 5.75 Å². The molecule has 0 aliphatic heterocycles. The summed E-state index contributed by atoms with van der Waals surface area (Å²) in [4.78, 5) is 9.51. The van der Waals surface area contributed by atoms with Crippen molar-refractivity contribution in [1.82, 2.24) is 0 Å². The molecule has 0 atom stereocenters. The highest BCUT2D eigenvalue weighted by Crippen LogP contribution is 2.33. The second-order valence-electron chi connectivity index (χ2n) is 2.16. The van der Waals surface area contributed by atoms with Crippen molar-refractivity contribution < 1.29 is 10.0 Å². The van der Waals surface area contributed by atoms with E-state index in [1.54, 1.807) is 6.07 Å². The van der Waals surface area contributed by atoms with Crippen molar-refractivity contribution in [3.05, 3.63) is 32.8 Å². The Morgan fingerprint density at radius 1 is 1.62 bits per heavy atom. The molecule has 13 heavy (non-hydrogen) atoms. The van der Waals surface area contributed by atoms with Gasteiger partial charge in [0.05, 0.1) is 9.95 Å². The Hall–Kier alpha value is -1.80. The summed E-state index contributed by atoms with van der Waals surface area (Å²) in [6.07, 6.45) is 0. The molecule has 0 aliphatic carbocycles. The largest absolute Gasteiger partial charge is 0.501 e. The molecule has 5 nitrogen and oxygen atoms in total. The zero-order valence-electron chi connectivity index (χ0n) is 6.19. The lowest BCUT2D eigenvalue weighted by molar-refractivity contribution is -0.385. The topological polar surface area (TPSA) is 87.2 Å². The van der Waals surface area contributed by atoms with Crippen LogP contribution in [-0.4, -0.2) is 10.0 Å². The third-order valence-corrected chi connectivity index (χ3v) is 1.73. The van der Waals surface area contributed by atoms with Gasteiger partial charge in [-0.15, -0.1) is 0 Å². The fourth-order valence-corrected chi connectivity index (χ4v) is 1.00. The first-order valence-corrected chi connectivity index (χ1v) is 3.51. The summed E-state index contributed by atoms with van der Waals surface area (Å²) in [5, 5.41) is 28.0. The second-order valence-corrected chi connectivity index (χ2v) is 2.57. The molecular weight excluding hydrogens is 196 g/mol. The zero-order chi connectivity index (χ0) is 10.0. The van der Waals surface area contributed by atoms with Gasteiger partial charge in [0, 0.05) is 6.07 Å². The summed E-state index contributed by atoms with van der Waals surface area (Å²) in [6, 6.07) is 3.81. The second kappa shape index (κ2) is 3.29. The van der Waals surface area contributed by atoms with Gasteiger partial charge in [0.25, 0.3) is 0 Å². The Morgan fingerprint density at radius 3 is 2.69 bits per heavy atom. The number of hydrogen-bond acceptors (Lipinski definition) is 4. The van der Waals surface area contributed by atoms with E-state index >= 15 is 0 Å². The molecule has 1 rings (SSSR count). The van der Waals surface area contributed by atoms with Crippen molar-refractivity contribution in [2.75, 3.05) is 0 Å². The number of nitrogens with zero attached hydrogens (tertiary/aromatic N) is 2. The van der Waals surface area contributed by atoms with E-state index in [-0.39, 0.29) is 10.6 Å². The monoisotopic (exact) mass is 198 g/mol. The minimum atomic E-state index is -0.785. The minimum Gasteiger partial charge on any atom is -0.501 e. The molecular formula is C7H3ClN2O3. The number of rotatable bonds is 1. The lowest BCUT2D eigenvalue weighted by Crippen LogP contribution is -1.90. The highest BCUT2D eigenvalue weighted by Gasteiger charge is 2.18. The molecule has 66 valence electrons. The van der Waals surface area contributed by atoms with E-state index < -0.39 is 16.4 Å². The number of hydrogen-bond donors (Lipinski definition) is 1. The van der Waals surface area contributed by atoms with Gasteiger partial charge in [0.15, 0.2) is 0 Å². The normalized spacial score (nSPS) is 9.23. The van der Waals surface area contributed by atoms with Gasteiger partial charge in [-0.1, -0.05) is 11.6 Å². The molecule has 0 spiro atoms. The van der Waals surface area contributed by atoms with Crippen molar-refractivity contribution in [2.24, 2.45) is 0 Å². The summed E-state index contributed by atoms with van der Waals surface area (Å²) in [7, 11) is 0. The molecule has 1 N–H and O–H groups in total. The third-order valence-electron chi connectivity index (χ3n) is 1.41.